The van der Waals surface area contributed by atoms with Crippen LogP contribution in [0.3, 0.4) is 0 Å². The maximum Gasteiger partial charge on any atom is 0.137 e. The summed E-state index contributed by atoms with van der Waals surface area (Å²) >= 11 is 18.2. The minimum atomic E-state index is 0.500. The average molecular weight is 327 g/mol. The summed E-state index contributed by atoms with van der Waals surface area (Å²) in [5.74, 6) is 0. The highest BCUT2D eigenvalue weighted by atomic mass is 35.5. The van der Waals surface area contributed by atoms with Crippen LogP contribution in [0.4, 0.5) is 5.69 Å². The van der Waals surface area contributed by atoms with E-state index < -0.39 is 0 Å². The molecule has 3 rings (SSSR count). The Labute approximate surface area is 130 Å². The van der Waals surface area contributed by atoms with Gasteiger partial charge in [0.1, 0.15) is 5.65 Å². The number of aromatic amines is 1. The number of H-pyrrole nitrogens is 1. The molecule has 2 heterocycles. The van der Waals surface area contributed by atoms with Gasteiger partial charge >= 0.3 is 0 Å². The van der Waals surface area contributed by atoms with E-state index in [0.29, 0.717) is 27.3 Å². The van der Waals surface area contributed by atoms with E-state index in [-0.39, 0.29) is 0 Å². The van der Waals surface area contributed by atoms with Gasteiger partial charge in [0, 0.05) is 29.3 Å². The first kappa shape index (κ1) is 13.6. The molecule has 0 aliphatic heterocycles. The Balaban J connectivity index is 1.87. The lowest BCUT2D eigenvalue weighted by atomic mass is 10.2. The zero-order valence-corrected chi connectivity index (χ0v) is 12.5. The van der Waals surface area contributed by atoms with Gasteiger partial charge in [-0.1, -0.05) is 34.8 Å². The lowest BCUT2D eigenvalue weighted by molar-refractivity contribution is 1.16. The summed E-state index contributed by atoms with van der Waals surface area (Å²) in [6, 6.07) is 7.24. The molecule has 0 unspecified atom stereocenters. The summed E-state index contributed by atoms with van der Waals surface area (Å²) in [4.78, 5) is 7.38. The number of hydrogen-bond acceptors (Lipinski definition) is 2. The van der Waals surface area contributed by atoms with Crippen molar-refractivity contribution in [3.8, 4) is 0 Å². The predicted octanol–water partition coefficient (Wildman–Crippen LogP) is 5.14. The second-order valence-corrected chi connectivity index (χ2v) is 5.56. The Morgan fingerprint density at radius 3 is 2.65 bits per heavy atom. The molecule has 0 amide bonds. The molecule has 0 fully saturated rings. The Kier molecular flexibility index (Phi) is 3.74. The number of benzene rings is 1. The van der Waals surface area contributed by atoms with Crippen LogP contribution in [0.5, 0.6) is 0 Å². The molecule has 0 aliphatic rings. The third-order valence-electron chi connectivity index (χ3n) is 3.00. The summed E-state index contributed by atoms with van der Waals surface area (Å²) in [5.41, 5.74) is 2.63. The normalized spacial score (nSPS) is 10.9. The Hall–Kier alpha value is -1.42. The van der Waals surface area contributed by atoms with E-state index in [2.05, 4.69) is 15.3 Å². The number of nitrogens with one attached hydrogen (secondary N) is 2. The Morgan fingerprint density at radius 1 is 1.15 bits per heavy atom. The van der Waals surface area contributed by atoms with Crippen molar-refractivity contribution in [3.63, 3.8) is 0 Å². The van der Waals surface area contributed by atoms with Crippen molar-refractivity contribution in [2.75, 3.05) is 5.32 Å². The van der Waals surface area contributed by atoms with Gasteiger partial charge in [0.2, 0.25) is 0 Å². The van der Waals surface area contributed by atoms with Crippen molar-refractivity contribution in [1.29, 1.82) is 0 Å². The zero-order valence-electron chi connectivity index (χ0n) is 10.3. The molecule has 0 aliphatic carbocycles. The molecule has 2 aromatic heterocycles. The highest BCUT2D eigenvalue weighted by Gasteiger charge is 2.09. The molecule has 0 atom stereocenters. The number of fused-ring (bicyclic) bond motifs is 1. The van der Waals surface area contributed by atoms with Gasteiger partial charge in [0.25, 0.3) is 0 Å². The standard InChI is InChI=1S/C14H10Cl3N3/c15-9-4-11(16)13(12(17)5-9)19-6-8-7-20-14-10(8)2-1-3-18-14/h1-5,7,19H,6H2,(H,18,20). The maximum atomic E-state index is 6.14. The maximum absolute atomic E-state index is 6.14. The van der Waals surface area contributed by atoms with Gasteiger partial charge in [0.05, 0.1) is 15.7 Å². The minimum absolute atomic E-state index is 0.500. The van der Waals surface area contributed by atoms with Crippen molar-refractivity contribution in [1.82, 2.24) is 9.97 Å². The van der Waals surface area contributed by atoms with Crippen LogP contribution in [-0.4, -0.2) is 9.97 Å². The quantitative estimate of drug-likeness (QED) is 0.700. The fraction of sp³-hybridized carbons (Fsp3) is 0.0714. The number of halogens is 3. The first-order valence-corrected chi connectivity index (χ1v) is 7.08. The van der Waals surface area contributed by atoms with Gasteiger partial charge in [0.15, 0.2) is 0 Å². The van der Waals surface area contributed by atoms with Crippen LogP contribution in [0.25, 0.3) is 11.0 Å². The van der Waals surface area contributed by atoms with Gasteiger partial charge in [-0.2, -0.15) is 0 Å². The van der Waals surface area contributed by atoms with Gasteiger partial charge in [-0.05, 0) is 29.8 Å². The number of nitrogens with zero attached hydrogens (tertiary/aromatic N) is 1. The third-order valence-corrected chi connectivity index (χ3v) is 3.81. The van der Waals surface area contributed by atoms with Crippen LogP contribution in [0.1, 0.15) is 5.56 Å². The van der Waals surface area contributed by atoms with E-state index >= 15 is 0 Å². The fourth-order valence-electron chi connectivity index (χ4n) is 2.05. The van der Waals surface area contributed by atoms with Gasteiger partial charge in [-0.15, -0.1) is 0 Å². The summed E-state index contributed by atoms with van der Waals surface area (Å²) in [6.07, 6.45) is 3.67. The second-order valence-electron chi connectivity index (χ2n) is 4.31. The molecule has 0 saturated heterocycles. The van der Waals surface area contributed by atoms with E-state index in [4.69, 9.17) is 34.8 Å². The van der Waals surface area contributed by atoms with E-state index in [9.17, 15) is 0 Å². The number of aromatic nitrogens is 2. The molecule has 1 aromatic carbocycles. The molecule has 2 N–H and O–H groups in total. The van der Waals surface area contributed by atoms with Gasteiger partial charge < -0.3 is 10.3 Å². The third kappa shape index (κ3) is 2.57. The molecular formula is C14H10Cl3N3. The van der Waals surface area contributed by atoms with E-state index in [1.165, 1.54) is 0 Å². The number of rotatable bonds is 3. The average Bonchev–Trinajstić information content (AvgIpc) is 2.81. The van der Waals surface area contributed by atoms with Crippen LogP contribution in [-0.2, 0) is 6.54 Å². The Bertz CT molecular complexity index is 744. The van der Waals surface area contributed by atoms with E-state index in [1.54, 1.807) is 18.3 Å². The summed E-state index contributed by atoms with van der Waals surface area (Å²) in [6.45, 7) is 0.590. The van der Waals surface area contributed by atoms with E-state index in [0.717, 1.165) is 16.6 Å². The van der Waals surface area contributed by atoms with Crippen LogP contribution in [0, 0.1) is 0 Å². The van der Waals surface area contributed by atoms with Crippen LogP contribution in [0.15, 0.2) is 36.7 Å². The molecular weight excluding hydrogens is 317 g/mol. The highest BCUT2D eigenvalue weighted by Crippen LogP contribution is 2.34. The van der Waals surface area contributed by atoms with Crippen molar-refractivity contribution in [2.45, 2.75) is 6.54 Å². The smallest absolute Gasteiger partial charge is 0.137 e. The van der Waals surface area contributed by atoms with Crippen molar-refractivity contribution in [2.24, 2.45) is 0 Å². The zero-order chi connectivity index (χ0) is 14.1. The number of anilines is 1. The molecule has 102 valence electrons. The summed E-state index contributed by atoms with van der Waals surface area (Å²) in [7, 11) is 0. The molecule has 20 heavy (non-hydrogen) atoms. The number of hydrogen-bond donors (Lipinski definition) is 2. The van der Waals surface area contributed by atoms with E-state index in [1.807, 2.05) is 18.3 Å². The summed E-state index contributed by atoms with van der Waals surface area (Å²) < 4.78 is 0. The molecule has 0 radical (unpaired) electrons. The van der Waals surface area contributed by atoms with Gasteiger partial charge in [-0.25, -0.2) is 4.98 Å². The minimum Gasteiger partial charge on any atom is -0.378 e. The van der Waals surface area contributed by atoms with Gasteiger partial charge in [-0.3, -0.25) is 0 Å². The van der Waals surface area contributed by atoms with Crippen molar-refractivity contribution >= 4 is 51.5 Å². The Morgan fingerprint density at radius 2 is 1.90 bits per heavy atom. The van der Waals surface area contributed by atoms with Crippen molar-refractivity contribution in [3.05, 3.63) is 57.3 Å². The molecule has 6 heteroatoms. The molecule has 3 aromatic rings. The van der Waals surface area contributed by atoms with Crippen molar-refractivity contribution < 1.29 is 0 Å². The lowest BCUT2D eigenvalue weighted by Crippen LogP contribution is -2.00. The second kappa shape index (κ2) is 5.52. The number of pyridine rings is 1. The first-order valence-electron chi connectivity index (χ1n) is 5.94. The molecule has 0 spiro atoms. The molecule has 0 bridgehead atoms. The van der Waals surface area contributed by atoms with Crippen LogP contribution < -0.4 is 5.32 Å². The molecule has 0 saturated carbocycles. The molecule has 3 nitrogen and oxygen atoms in total. The largest absolute Gasteiger partial charge is 0.378 e. The SMILES string of the molecule is Clc1cc(Cl)c(NCc2c[nH]c3ncccc23)c(Cl)c1. The predicted molar refractivity (Wildman–Crippen MR) is 84.9 cm³/mol. The lowest BCUT2D eigenvalue weighted by Gasteiger charge is -2.10. The highest BCUT2D eigenvalue weighted by molar-refractivity contribution is 6.41. The first-order chi connectivity index (χ1) is 9.65. The summed E-state index contributed by atoms with van der Waals surface area (Å²) in [5, 5.41) is 5.82. The monoisotopic (exact) mass is 325 g/mol. The fourth-order valence-corrected chi connectivity index (χ4v) is 3.00. The van der Waals surface area contributed by atoms with Crippen LogP contribution in [0.2, 0.25) is 15.1 Å². The van der Waals surface area contributed by atoms with Crippen LogP contribution >= 0.6 is 34.8 Å². The topological polar surface area (TPSA) is 40.7 Å².